The van der Waals surface area contributed by atoms with Crippen LogP contribution in [0.3, 0.4) is 0 Å². The van der Waals surface area contributed by atoms with Crippen molar-refractivity contribution in [3.63, 3.8) is 0 Å². The monoisotopic (exact) mass is 346 g/mol. The molecule has 5 heteroatoms. The molecule has 0 radical (unpaired) electrons. The topological polar surface area (TPSA) is 17.8 Å². The minimum Gasteiger partial charge on any atom is -0.241 e. The molecule has 0 spiro atoms. The second-order valence-electron chi connectivity index (χ2n) is 2.53. The second kappa shape index (κ2) is 4.19. The predicted octanol–water partition coefficient (Wildman–Crippen LogP) is 3.56. The molecule has 0 saturated heterocycles. The van der Waals surface area contributed by atoms with Crippen molar-refractivity contribution in [2.24, 2.45) is 0 Å². The van der Waals surface area contributed by atoms with E-state index in [1.54, 1.807) is 0 Å². The standard InChI is InChI=1S/C6H9BrIN2P/c1-4(2)6-5(7)3-9-10(6)11-8/h3-4,11H,1-2H3. The van der Waals surface area contributed by atoms with Crippen molar-refractivity contribution in [3.8, 4) is 0 Å². The van der Waals surface area contributed by atoms with Gasteiger partial charge >= 0.3 is 0 Å². The molecule has 0 fully saturated rings. The van der Waals surface area contributed by atoms with Crippen LogP contribution >= 0.6 is 44.3 Å². The first-order chi connectivity index (χ1) is 5.16. The molecule has 0 bridgehead atoms. The van der Waals surface area contributed by atoms with Crippen LogP contribution in [0.2, 0.25) is 0 Å². The lowest BCUT2D eigenvalue weighted by Gasteiger charge is -2.06. The molecule has 0 amide bonds. The fourth-order valence-corrected chi connectivity index (χ4v) is 3.53. The number of halogens is 2. The van der Waals surface area contributed by atoms with E-state index in [-0.39, 0.29) is 0 Å². The fraction of sp³-hybridized carbons (Fsp3) is 0.500. The lowest BCUT2D eigenvalue weighted by atomic mass is 10.1. The Bertz CT molecular complexity index is 249. The summed E-state index contributed by atoms with van der Waals surface area (Å²) in [5.74, 6) is 0.536. The first kappa shape index (κ1) is 9.93. The maximum atomic E-state index is 4.23. The largest absolute Gasteiger partial charge is 0.241 e. The Kier molecular flexibility index (Phi) is 3.78. The zero-order valence-electron chi connectivity index (χ0n) is 6.31. The minimum atomic E-state index is 0.536. The SMILES string of the molecule is CC(C)c1c(Br)cnn1PI. The molecule has 0 aliphatic carbocycles. The Hall–Kier alpha value is 0.850. The van der Waals surface area contributed by atoms with Crippen LogP contribution in [0.25, 0.3) is 0 Å². The van der Waals surface area contributed by atoms with Gasteiger partial charge in [-0.2, -0.15) is 5.10 Å². The number of nitrogens with zero attached hydrogens (tertiary/aromatic N) is 2. The number of hydrogen-bond donors (Lipinski definition) is 0. The van der Waals surface area contributed by atoms with Crippen molar-refractivity contribution in [1.29, 1.82) is 0 Å². The Morgan fingerprint density at radius 3 is 2.73 bits per heavy atom. The molecule has 62 valence electrons. The van der Waals surface area contributed by atoms with E-state index in [1.165, 1.54) is 5.69 Å². The molecular formula is C6H9BrIN2P. The maximum Gasteiger partial charge on any atom is 0.0681 e. The highest BCUT2D eigenvalue weighted by Crippen LogP contribution is 2.32. The third-order valence-corrected chi connectivity index (χ3v) is 3.88. The van der Waals surface area contributed by atoms with Crippen molar-refractivity contribution in [2.75, 3.05) is 0 Å². The van der Waals surface area contributed by atoms with Crippen LogP contribution in [0, 0.1) is 0 Å². The molecule has 0 aliphatic heterocycles. The summed E-state index contributed by atoms with van der Waals surface area (Å²) in [4.78, 5) is 0. The van der Waals surface area contributed by atoms with E-state index in [4.69, 9.17) is 0 Å². The van der Waals surface area contributed by atoms with Crippen LogP contribution in [0.15, 0.2) is 10.7 Å². The van der Waals surface area contributed by atoms with Gasteiger partial charge < -0.3 is 0 Å². The number of aromatic nitrogens is 2. The first-order valence-corrected chi connectivity index (χ1v) is 8.12. The summed E-state index contributed by atoms with van der Waals surface area (Å²) in [6.45, 7) is 4.35. The van der Waals surface area contributed by atoms with Gasteiger partial charge in [-0.15, -0.1) is 0 Å². The van der Waals surface area contributed by atoms with Crippen molar-refractivity contribution in [3.05, 3.63) is 16.4 Å². The van der Waals surface area contributed by atoms with Gasteiger partial charge in [-0.3, -0.25) is 0 Å². The zero-order chi connectivity index (χ0) is 8.43. The van der Waals surface area contributed by atoms with E-state index in [9.17, 15) is 0 Å². The van der Waals surface area contributed by atoms with Gasteiger partial charge in [-0.25, -0.2) is 4.45 Å². The lowest BCUT2D eigenvalue weighted by molar-refractivity contribution is 0.782. The van der Waals surface area contributed by atoms with Gasteiger partial charge in [0.05, 0.1) is 22.7 Å². The Labute approximate surface area is 89.6 Å². The molecule has 2 nitrogen and oxygen atoms in total. The summed E-state index contributed by atoms with van der Waals surface area (Å²) in [6, 6.07) is 0. The average molecular weight is 347 g/mol. The highest BCUT2D eigenvalue weighted by atomic mass is 127. The van der Waals surface area contributed by atoms with E-state index < -0.39 is 0 Å². The first-order valence-electron chi connectivity index (χ1n) is 3.27. The summed E-state index contributed by atoms with van der Waals surface area (Å²) < 4.78 is 3.16. The molecule has 0 N–H and O–H groups in total. The third-order valence-electron chi connectivity index (χ3n) is 1.39. The smallest absolute Gasteiger partial charge is 0.0681 e. The molecule has 1 aromatic rings. The van der Waals surface area contributed by atoms with Crippen molar-refractivity contribution < 1.29 is 0 Å². The summed E-state index contributed by atoms with van der Waals surface area (Å²) in [7, 11) is 0. The van der Waals surface area contributed by atoms with E-state index >= 15 is 0 Å². The maximum absolute atomic E-state index is 4.23. The van der Waals surface area contributed by atoms with Gasteiger partial charge in [0.25, 0.3) is 0 Å². The van der Waals surface area contributed by atoms with Crippen molar-refractivity contribution >= 4 is 44.3 Å². The number of rotatable bonds is 2. The van der Waals surface area contributed by atoms with Crippen molar-refractivity contribution in [2.45, 2.75) is 19.8 Å². The highest BCUT2D eigenvalue weighted by Gasteiger charge is 2.10. The van der Waals surface area contributed by atoms with Gasteiger partial charge in [0.1, 0.15) is 0 Å². The van der Waals surface area contributed by atoms with E-state index in [2.05, 4.69) is 56.9 Å². The third kappa shape index (κ3) is 2.16. The molecule has 0 aromatic carbocycles. The van der Waals surface area contributed by atoms with Gasteiger partial charge in [-0.05, 0) is 43.9 Å². The molecule has 1 atom stereocenters. The molecule has 11 heavy (non-hydrogen) atoms. The van der Waals surface area contributed by atoms with Crippen LogP contribution in [0.5, 0.6) is 0 Å². The van der Waals surface area contributed by atoms with Gasteiger partial charge in [-0.1, -0.05) is 13.8 Å². The van der Waals surface area contributed by atoms with Crippen molar-refractivity contribution in [1.82, 2.24) is 9.55 Å². The molecule has 0 saturated carbocycles. The summed E-state index contributed by atoms with van der Waals surface area (Å²) in [5.41, 5.74) is 1.29. The summed E-state index contributed by atoms with van der Waals surface area (Å²) in [6.07, 6.45) is 2.55. The molecule has 1 heterocycles. The van der Waals surface area contributed by atoms with Gasteiger partial charge in [0, 0.05) is 0 Å². The van der Waals surface area contributed by atoms with Crippen LogP contribution in [-0.2, 0) is 0 Å². The second-order valence-corrected chi connectivity index (χ2v) is 5.42. The predicted molar refractivity (Wildman–Crippen MR) is 61.7 cm³/mol. The average Bonchev–Trinajstić information content (AvgIpc) is 2.30. The van der Waals surface area contributed by atoms with Crippen LogP contribution in [0.1, 0.15) is 25.5 Å². The van der Waals surface area contributed by atoms with Gasteiger partial charge in [0.15, 0.2) is 0 Å². The Morgan fingerprint density at radius 2 is 2.36 bits per heavy atom. The quantitative estimate of drug-likeness (QED) is 0.591. The molecular weight excluding hydrogens is 338 g/mol. The molecule has 1 aromatic heterocycles. The Morgan fingerprint density at radius 1 is 1.73 bits per heavy atom. The van der Waals surface area contributed by atoms with Crippen LogP contribution < -0.4 is 0 Å². The highest BCUT2D eigenvalue weighted by molar-refractivity contribution is 14.2. The fourth-order valence-electron chi connectivity index (χ4n) is 0.926. The summed E-state index contributed by atoms with van der Waals surface area (Å²) >= 11 is 5.81. The van der Waals surface area contributed by atoms with Crippen LogP contribution in [-0.4, -0.2) is 9.55 Å². The molecule has 0 aliphatic rings. The zero-order valence-corrected chi connectivity index (χ0v) is 11.0. The molecule has 1 unspecified atom stereocenters. The Balaban J connectivity index is 3.07. The van der Waals surface area contributed by atoms with E-state index in [0.29, 0.717) is 12.3 Å². The summed E-state index contributed by atoms with van der Waals surface area (Å²) in [5, 5.41) is 4.23. The number of hydrogen-bond acceptors (Lipinski definition) is 1. The van der Waals surface area contributed by atoms with Crippen LogP contribution in [0.4, 0.5) is 0 Å². The van der Waals surface area contributed by atoms with Gasteiger partial charge in [0.2, 0.25) is 0 Å². The lowest BCUT2D eigenvalue weighted by Crippen LogP contribution is -1.95. The van der Waals surface area contributed by atoms with E-state index in [0.717, 1.165) is 4.47 Å². The molecule has 1 rings (SSSR count). The minimum absolute atomic E-state index is 0.536. The van der Waals surface area contributed by atoms with E-state index in [1.807, 2.05) is 10.6 Å². The normalized spacial score (nSPS) is 12.1.